The van der Waals surface area contributed by atoms with E-state index in [9.17, 15) is 9.59 Å². The van der Waals surface area contributed by atoms with Gasteiger partial charge in [0.2, 0.25) is 5.91 Å². The van der Waals surface area contributed by atoms with E-state index in [2.05, 4.69) is 22.4 Å². The molecule has 0 aliphatic carbocycles. The summed E-state index contributed by atoms with van der Waals surface area (Å²) in [6, 6.07) is 7.76. The lowest BCUT2D eigenvalue weighted by atomic mass is 10.1. The Balaban J connectivity index is 1.88. The number of amidine groups is 1. The Morgan fingerprint density at radius 2 is 2.15 bits per heavy atom. The van der Waals surface area contributed by atoms with Gasteiger partial charge in [0, 0.05) is 12.2 Å². The molecule has 1 aromatic rings. The predicted octanol–water partition coefficient (Wildman–Crippen LogP) is 3.18. The van der Waals surface area contributed by atoms with Gasteiger partial charge in [0.15, 0.2) is 5.17 Å². The molecule has 1 aliphatic rings. The normalized spacial score (nSPS) is 18.3. The molecule has 2 N–H and O–H groups in total. The fraction of sp³-hybridized carbons (Fsp3) is 0.474. The molecule has 1 unspecified atom stereocenters. The average Bonchev–Trinajstić information content (AvgIpc) is 2.98. The Labute approximate surface area is 163 Å². The van der Waals surface area contributed by atoms with Crippen LogP contribution < -0.4 is 5.32 Å². The zero-order chi connectivity index (χ0) is 19.5. The van der Waals surface area contributed by atoms with Crippen LogP contribution in [0.2, 0.25) is 0 Å². The van der Waals surface area contributed by atoms with Gasteiger partial charge in [-0.2, -0.15) is 5.10 Å². The Hall–Kier alpha value is -2.19. The Morgan fingerprint density at radius 1 is 1.33 bits per heavy atom. The number of amides is 1. The second kappa shape index (κ2) is 11.5. The highest BCUT2D eigenvalue weighted by atomic mass is 32.2. The number of aliphatic carboxylic acids is 1. The van der Waals surface area contributed by atoms with Crippen molar-refractivity contribution >= 4 is 35.0 Å². The molecule has 0 spiro atoms. The molecule has 0 saturated carbocycles. The van der Waals surface area contributed by atoms with Gasteiger partial charge in [-0.15, -0.1) is 5.10 Å². The lowest BCUT2D eigenvalue weighted by Crippen LogP contribution is -2.26. The van der Waals surface area contributed by atoms with Crippen molar-refractivity contribution in [2.75, 3.05) is 6.61 Å². The summed E-state index contributed by atoms with van der Waals surface area (Å²) in [5.74, 6) is -1.37. The summed E-state index contributed by atoms with van der Waals surface area (Å²) >= 11 is 1.08. The SMILES string of the molecule is CCCCCCOCc1ccccc1C=NN=C1NC(=O)C(CC(=O)O)S1. The van der Waals surface area contributed by atoms with Gasteiger partial charge in [0.25, 0.3) is 0 Å². The smallest absolute Gasteiger partial charge is 0.305 e. The molecule has 0 aromatic heterocycles. The van der Waals surface area contributed by atoms with Crippen LogP contribution in [-0.4, -0.2) is 40.2 Å². The van der Waals surface area contributed by atoms with E-state index in [0.717, 1.165) is 35.9 Å². The van der Waals surface area contributed by atoms with Gasteiger partial charge >= 0.3 is 5.97 Å². The summed E-state index contributed by atoms with van der Waals surface area (Å²) in [4.78, 5) is 22.4. The number of nitrogens with zero attached hydrogens (tertiary/aromatic N) is 2. The zero-order valence-electron chi connectivity index (χ0n) is 15.4. The van der Waals surface area contributed by atoms with E-state index in [1.54, 1.807) is 6.21 Å². The maximum Gasteiger partial charge on any atom is 0.305 e. The number of ether oxygens (including phenoxy) is 1. The fourth-order valence-electron chi connectivity index (χ4n) is 2.49. The summed E-state index contributed by atoms with van der Waals surface area (Å²) in [6.07, 6.45) is 6.06. The van der Waals surface area contributed by atoms with Gasteiger partial charge in [-0.3, -0.25) is 9.59 Å². The molecule has 8 heteroatoms. The first-order chi connectivity index (χ1) is 13.1. The number of carboxylic acid groups (broad SMARTS) is 1. The van der Waals surface area contributed by atoms with Crippen LogP contribution in [0, 0.1) is 0 Å². The summed E-state index contributed by atoms with van der Waals surface area (Å²) < 4.78 is 5.74. The molecule has 0 bridgehead atoms. The number of hydrogen-bond acceptors (Lipinski definition) is 6. The van der Waals surface area contributed by atoms with Crippen LogP contribution in [0.15, 0.2) is 34.5 Å². The summed E-state index contributed by atoms with van der Waals surface area (Å²) in [7, 11) is 0. The second-order valence-corrected chi connectivity index (χ2v) is 7.35. The first-order valence-corrected chi connectivity index (χ1v) is 9.94. The number of benzene rings is 1. The fourth-order valence-corrected chi connectivity index (χ4v) is 3.41. The molecule has 1 amide bonds. The van der Waals surface area contributed by atoms with Crippen molar-refractivity contribution in [3.8, 4) is 0 Å². The highest BCUT2D eigenvalue weighted by Crippen LogP contribution is 2.22. The molecule has 1 saturated heterocycles. The lowest BCUT2D eigenvalue weighted by Gasteiger charge is -2.07. The third-order valence-electron chi connectivity index (χ3n) is 3.94. The van der Waals surface area contributed by atoms with Crippen molar-refractivity contribution in [2.24, 2.45) is 10.2 Å². The number of thioether (sulfide) groups is 1. The van der Waals surface area contributed by atoms with Gasteiger partial charge in [0.1, 0.15) is 5.25 Å². The predicted molar refractivity (Wildman–Crippen MR) is 107 cm³/mol. The summed E-state index contributed by atoms with van der Waals surface area (Å²) in [5, 5.41) is 19.0. The van der Waals surface area contributed by atoms with E-state index in [0.29, 0.717) is 11.8 Å². The van der Waals surface area contributed by atoms with Crippen molar-refractivity contribution < 1.29 is 19.4 Å². The number of rotatable bonds is 11. The van der Waals surface area contributed by atoms with Gasteiger partial charge < -0.3 is 15.2 Å². The highest BCUT2D eigenvalue weighted by Gasteiger charge is 2.32. The van der Waals surface area contributed by atoms with Crippen LogP contribution in [0.25, 0.3) is 0 Å². The number of carbonyl (C=O) groups is 2. The number of carbonyl (C=O) groups excluding carboxylic acids is 1. The molecular weight excluding hydrogens is 366 g/mol. The van der Waals surface area contributed by atoms with E-state index < -0.39 is 11.2 Å². The molecule has 146 valence electrons. The molecule has 7 nitrogen and oxygen atoms in total. The minimum atomic E-state index is -1.02. The Morgan fingerprint density at radius 3 is 2.93 bits per heavy atom. The number of hydrogen-bond donors (Lipinski definition) is 2. The lowest BCUT2D eigenvalue weighted by molar-refractivity contribution is -0.138. The van der Waals surface area contributed by atoms with Gasteiger partial charge in [0.05, 0.1) is 19.2 Å². The molecule has 1 heterocycles. The molecule has 2 rings (SSSR count). The Kier molecular flexibility index (Phi) is 9.00. The monoisotopic (exact) mass is 391 g/mol. The number of carboxylic acids is 1. The van der Waals surface area contributed by atoms with E-state index in [1.807, 2.05) is 24.3 Å². The average molecular weight is 391 g/mol. The quantitative estimate of drug-likeness (QED) is 0.343. The topological polar surface area (TPSA) is 100 Å². The molecular formula is C19H25N3O4S. The first kappa shape index (κ1) is 21.1. The van der Waals surface area contributed by atoms with E-state index in [4.69, 9.17) is 9.84 Å². The zero-order valence-corrected chi connectivity index (χ0v) is 16.2. The molecule has 1 aromatic carbocycles. The number of unbranched alkanes of at least 4 members (excludes halogenated alkanes) is 3. The molecule has 1 aliphatic heterocycles. The standard InChI is InChI=1S/C19H25N3O4S/c1-2-3-4-7-10-26-13-15-9-6-5-8-14(15)12-20-22-19-21-18(25)16(27-19)11-17(23)24/h5-6,8-9,12,16H,2-4,7,10-11,13H2,1H3,(H,23,24)(H,21,22,25). The molecule has 1 atom stereocenters. The van der Waals surface area contributed by atoms with Crippen LogP contribution in [0.5, 0.6) is 0 Å². The van der Waals surface area contributed by atoms with Crippen molar-refractivity contribution in [3.63, 3.8) is 0 Å². The van der Waals surface area contributed by atoms with Crippen molar-refractivity contribution in [1.82, 2.24) is 5.32 Å². The maximum absolute atomic E-state index is 11.7. The second-order valence-electron chi connectivity index (χ2n) is 6.16. The van der Waals surface area contributed by atoms with Crippen molar-refractivity contribution in [1.29, 1.82) is 0 Å². The highest BCUT2D eigenvalue weighted by molar-refractivity contribution is 8.15. The van der Waals surface area contributed by atoms with Crippen LogP contribution in [0.3, 0.4) is 0 Å². The van der Waals surface area contributed by atoms with Crippen LogP contribution in [-0.2, 0) is 20.9 Å². The van der Waals surface area contributed by atoms with Crippen LogP contribution in [0.1, 0.15) is 50.2 Å². The van der Waals surface area contributed by atoms with Gasteiger partial charge in [-0.05, 0) is 12.0 Å². The van der Waals surface area contributed by atoms with Gasteiger partial charge in [-0.1, -0.05) is 62.2 Å². The molecule has 0 radical (unpaired) electrons. The van der Waals surface area contributed by atoms with E-state index in [1.165, 1.54) is 19.3 Å². The van der Waals surface area contributed by atoms with Crippen molar-refractivity contribution in [3.05, 3.63) is 35.4 Å². The molecule has 27 heavy (non-hydrogen) atoms. The summed E-state index contributed by atoms with van der Waals surface area (Å²) in [5.41, 5.74) is 1.91. The summed E-state index contributed by atoms with van der Waals surface area (Å²) in [6.45, 7) is 3.43. The van der Waals surface area contributed by atoms with Crippen LogP contribution in [0.4, 0.5) is 0 Å². The van der Waals surface area contributed by atoms with Crippen molar-refractivity contribution in [2.45, 2.75) is 50.9 Å². The van der Waals surface area contributed by atoms with E-state index in [-0.39, 0.29) is 12.3 Å². The minimum absolute atomic E-state index is 0.238. The van der Waals surface area contributed by atoms with E-state index >= 15 is 0 Å². The minimum Gasteiger partial charge on any atom is -0.481 e. The Bertz CT molecular complexity index is 706. The molecule has 1 fully saturated rings. The third-order valence-corrected chi connectivity index (χ3v) is 5.01. The maximum atomic E-state index is 11.7. The number of nitrogens with one attached hydrogen (secondary N) is 1. The third kappa shape index (κ3) is 7.52. The van der Waals surface area contributed by atoms with Gasteiger partial charge in [-0.25, -0.2) is 0 Å². The van der Waals surface area contributed by atoms with Crippen LogP contribution >= 0.6 is 11.8 Å². The first-order valence-electron chi connectivity index (χ1n) is 9.06. The largest absolute Gasteiger partial charge is 0.481 e.